The van der Waals surface area contributed by atoms with Crippen molar-refractivity contribution in [2.24, 2.45) is 0 Å². The van der Waals surface area contributed by atoms with E-state index in [4.69, 9.17) is 4.74 Å². The predicted octanol–water partition coefficient (Wildman–Crippen LogP) is 2.19. The van der Waals surface area contributed by atoms with Gasteiger partial charge in [0.2, 0.25) is 5.43 Å². The summed E-state index contributed by atoms with van der Waals surface area (Å²) in [7, 11) is 3.77. The molecule has 0 unspecified atom stereocenters. The van der Waals surface area contributed by atoms with Crippen LogP contribution in [0.1, 0.15) is 10.4 Å². The molecule has 1 aromatic carbocycles. The number of benzene rings is 1. The van der Waals surface area contributed by atoms with E-state index in [1.807, 2.05) is 53.7 Å². The summed E-state index contributed by atoms with van der Waals surface area (Å²) in [6, 6.07) is 9.71. The third kappa shape index (κ3) is 3.52. The summed E-state index contributed by atoms with van der Waals surface area (Å²) in [5.41, 5.74) is 2.14. The van der Waals surface area contributed by atoms with Crippen LogP contribution in [0, 0.1) is 0 Å². The zero-order chi connectivity index (χ0) is 22.2. The highest BCUT2D eigenvalue weighted by molar-refractivity contribution is 7.24. The van der Waals surface area contributed by atoms with E-state index in [0.717, 1.165) is 35.5 Å². The van der Waals surface area contributed by atoms with Crippen LogP contribution in [0.2, 0.25) is 0 Å². The molecule has 0 atom stereocenters. The minimum atomic E-state index is -0.345. The third-order valence-corrected chi connectivity index (χ3v) is 6.98. The number of fused-ring (bicyclic) bond motifs is 5. The van der Waals surface area contributed by atoms with Crippen LogP contribution in [-0.4, -0.2) is 73.7 Å². The number of para-hydroxylation sites is 1. The molecule has 32 heavy (non-hydrogen) atoms. The second-order valence-corrected chi connectivity index (χ2v) is 9.08. The molecule has 1 amide bonds. The second kappa shape index (κ2) is 8.50. The lowest BCUT2D eigenvalue weighted by atomic mass is 10.1. The van der Waals surface area contributed by atoms with Gasteiger partial charge in [0.1, 0.15) is 10.4 Å². The number of anilines is 1. The molecule has 166 valence electrons. The number of carbonyl (C=O) groups is 1. The van der Waals surface area contributed by atoms with Crippen molar-refractivity contribution in [2.45, 2.75) is 0 Å². The van der Waals surface area contributed by atoms with Gasteiger partial charge in [0.05, 0.1) is 34.5 Å². The van der Waals surface area contributed by atoms with Crippen LogP contribution in [0.25, 0.3) is 26.1 Å². The van der Waals surface area contributed by atoms with Gasteiger partial charge >= 0.3 is 0 Å². The van der Waals surface area contributed by atoms with E-state index in [9.17, 15) is 9.59 Å². The number of rotatable bonds is 5. The highest BCUT2D eigenvalue weighted by Gasteiger charge is 2.24. The van der Waals surface area contributed by atoms with Crippen molar-refractivity contribution in [3.8, 4) is 0 Å². The predicted molar refractivity (Wildman–Crippen MR) is 128 cm³/mol. The molecule has 9 heteroatoms. The van der Waals surface area contributed by atoms with Gasteiger partial charge in [0.25, 0.3) is 5.91 Å². The number of aromatic nitrogens is 2. The van der Waals surface area contributed by atoms with Crippen molar-refractivity contribution in [3.63, 3.8) is 0 Å². The lowest BCUT2D eigenvalue weighted by molar-refractivity contribution is 0.0383. The first-order chi connectivity index (χ1) is 15.6. The van der Waals surface area contributed by atoms with Gasteiger partial charge in [-0.25, -0.2) is 4.98 Å². The maximum atomic E-state index is 13.7. The van der Waals surface area contributed by atoms with Gasteiger partial charge in [-0.15, -0.1) is 11.3 Å². The summed E-state index contributed by atoms with van der Waals surface area (Å²) < 4.78 is 8.32. The molecule has 5 rings (SSSR count). The molecule has 0 saturated carbocycles. The van der Waals surface area contributed by atoms with Crippen molar-refractivity contribution in [3.05, 3.63) is 52.3 Å². The molecule has 4 heterocycles. The Balaban J connectivity index is 1.65. The molecule has 1 saturated heterocycles. The Hall–Kier alpha value is -3.01. The lowest BCUT2D eigenvalue weighted by Gasteiger charge is -2.26. The van der Waals surface area contributed by atoms with Gasteiger partial charge in [0.15, 0.2) is 5.65 Å². The number of hydrogen-bond acceptors (Lipinski definition) is 7. The lowest BCUT2D eigenvalue weighted by Crippen LogP contribution is -2.42. The molecule has 0 aliphatic carbocycles. The average Bonchev–Trinajstić information content (AvgIpc) is 3.18. The Morgan fingerprint density at radius 1 is 1.22 bits per heavy atom. The Labute approximate surface area is 189 Å². The highest BCUT2D eigenvalue weighted by Crippen LogP contribution is 2.32. The molecule has 0 radical (unpaired) electrons. The van der Waals surface area contributed by atoms with Crippen molar-refractivity contribution >= 4 is 49.0 Å². The van der Waals surface area contributed by atoms with Crippen LogP contribution in [0.3, 0.4) is 0 Å². The maximum Gasteiger partial charge on any atom is 0.258 e. The molecule has 0 bridgehead atoms. The molecule has 0 spiro atoms. The molecule has 1 fully saturated rings. The van der Waals surface area contributed by atoms with Gasteiger partial charge in [0, 0.05) is 46.5 Å². The fourth-order valence-electron chi connectivity index (χ4n) is 4.22. The van der Waals surface area contributed by atoms with Gasteiger partial charge in [-0.05, 0) is 18.2 Å². The SMILES string of the molecule is CN(C)c1ccnc2c1c(=O)c(C(=O)NCCN1CCOCC1)c1sc3ccccc3n12. The summed E-state index contributed by atoms with van der Waals surface area (Å²) in [4.78, 5) is 36.3. The van der Waals surface area contributed by atoms with E-state index in [1.165, 1.54) is 11.3 Å². The van der Waals surface area contributed by atoms with E-state index in [0.29, 0.717) is 35.6 Å². The maximum absolute atomic E-state index is 13.7. The van der Waals surface area contributed by atoms with Gasteiger partial charge in [-0.3, -0.25) is 18.9 Å². The molecular formula is C23H25N5O3S. The number of morpholine rings is 1. The first-order valence-corrected chi connectivity index (χ1v) is 11.5. The quantitative estimate of drug-likeness (QED) is 0.501. The van der Waals surface area contributed by atoms with Crippen LogP contribution >= 0.6 is 11.3 Å². The van der Waals surface area contributed by atoms with Gasteiger partial charge < -0.3 is 15.0 Å². The summed E-state index contributed by atoms with van der Waals surface area (Å²) in [6.07, 6.45) is 1.71. The van der Waals surface area contributed by atoms with Crippen molar-refractivity contribution in [1.82, 2.24) is 19.6 Å². The van der Waals surface area contributed by atoms with Crippen molar-refractivity contribution in [2.75, 3.05) is 58.4 Å². The van der Waals surface area contributed by atoms with Crippen molar-refractivity contribution in [1.29, 1.82) is 0 Å². The number of ether oxygens (including phenoxy) is 1. The van der Waals surface area contributed by atoms with E-state index >= 15 is 0 Å². The Bertz CT molecular complexity index is 1370. The Morgan fingerprint density at radius 3 is 2.78 bits per heavy atom. The van der Waals surface area contributed by atoms with Crippen molar-refractivity contribution < 1.29 is 9.53 Å². The number of pyridine rings is 2. The number of amides is 1. The smallest absolute Gasteiger partial charge is 0.258 e. The van der Waals surface area contributed by atoms with Crippen LogP contribution in [0.4, 0.5) is 5.69 Å². The molecule has 8 nitrogen and oxygen atoms in total. The Morgan fingerprint density at radius 2 is 2.00 bits per heavy atom. The molecule has 1 aliphatic heterocycles. The molecule has 3 aromatic heterocycles. The fourth-order valence-corrected chi connectivity index (χ4v) is 5.41. The van der Waals surface area contributed by atoms with Crippen LogP contribution in [0.5, 0.6) is 0 Å². The minimum absolute atomic E-state index is 0.178. The summed E-state index contributed by atoms with van der Waals surface area (Å²) in [5, 5.41) is 3.43. The van der Waals surface area contributed by atoms with Gasteiger partial charge in [-0.2, -0.15) is 0 Å². The fraction of sp³-hybridized carbons (Fsp3) is 0.348. The summed E-state index contributed by atoms with van der Waals surface area (Å²) in [5.74, 6) is -0.345. The van der Waals surface area contributed by atoms with E-state index in [-0.39, 0.29) is 16.9 Å². The number of nitrogens with zero attached hydrogens (tertiary/aromatic N) is 4. The highest BCUT2D eigenvalue weighted by atomic mass is 32.1. The summed E-state index contributed by atoms with van der Waals surface area (Å²) >= 11 is 1.44. The first kappa shape index (κ1) is 20.9. The topological polar surface area (TPSA) is 79.2 Å². The van der Waals surface area contributed by atoms with Crippen LogP contribution in [0.15, 0.2) is 41.3 Å². The zero-order valence-electron chi connectivity index (χ0n) is 18.1. The normalized spacial score (nSPS) is 14.9. The molecule has 1 N–H and O–H groups in total. The van der Waals surface area contributed by atoms with E-state index in [1.54, 1.807) is 6.20 Å². The second-order valence-electron chi connectivity index (χ2n) is 8.05. The van der Waals surface area contributed by atoms with Crippen LogP contribution < -0.4 is 15.6 Å². The zero-order valence-corrected chi connectivity index (χ0v) is 18.9. The molecule has 4 aromatic rings. The van der Waals surface area contributed by atoms with Crippen LogP contribution in [-0.2, 0) is 4.74 Å². The number of thiazole rings is 1. The standard InChI is InChI=1S/C23H25N5O3S/c1-26(2)16-7-8-24-21-18(16)20(29)19(22(30)25-9-10-27-11-13-31-14-12-27)23-28(21)15-5-3-4-6-17(15)32-23/h3-8H,9-14H2,1-2H3,(H,25,30). The molecular weight excluding hydrogens is 426 g/mol. The van der Waals surface area contributed by atoms with E-state index in [2.05, 4.69) is 15.2 Å². The monoisotopic (exact) mass is 451 g/mol. The number of nitrogens with one attached hydrogen (secondary N) is 1. The number of hydrogen-bond donors (Lipinski definition) is 1. The Kier molecular flexibility index (Phi) is 5.54. The minimum Gasteiger partial charge on any atom is -0.379 e. The largest absolute Gasteiger partial charge is 0.379 e. The third-order valence-electron chi connectivity index (χ3n) is 5.83. The summed E-state index contributed by atoms with van der Waals surface area (Å²) in [6.45, 7) is 4.33. The average molecular weight is 452 g/mol. The van der Waals surface area contributed by atoms with E-state index < -0.39 is 0 Å². The number of carbonyl (C=O) groups excluding carboxylic acids is 1. The van der Waals surface area contributed by atoms with Gasteiger partial charge in [-0.1, -0.05) is 12.1 Å². The molecule has 1 aliphatic rings. The first-order valence-electron chi connectivity index (χ1n) is 10.7.